The Morgan fingerprint density at radius 2 is 2.22 bits per heavy atom. The number of nitrogens with one attached hydrogen (secondary N) is 1. The minimum absolute atomic E-state index is 0.186. The first-order valence-electron chi connectivity index (χ1n) is 8.01. The maximum atomic E-state index is 13.3. The topological polar surface area (TPSA) is 50.2 Å². The van der Waals surface area contributed by atoms with Gasteiger partial charge in [-0.3, -0.25) is 0 Å². The SMILES string of the molecule is O=C(N[C@@H]1C[C@H]2CCN(C2)C1)n1cc(-c2cccc(F)c2)cn1. The molecule has 2 saturated heterocycles. The van der Waals surface area contributed by atoms with Crippen LogP contribution in [0.2, 0.25) is 0 Å². The molecule has 1 amide bonds. The molecule has 1 unspecified atom stereocenters. The van der Waals surface area contributed by atoms with Gasteiger partial charge in [0.15, 0.2) is 0 Å². The molecule has 2 fully saturated rings. The van der Waals surface area contributed by atoms with Crippen LogP contribution in [0.1, 0.15) is 12.8 Å². The van der Waals surface area contributed by atoms with Crippen molar-refractivity contribution >= 4 is 6.03 Å². The Morgan fingerprint density at radius 3 is 3.04 bits per heavy atom. The van der Waals surface area contributed by atoms with Gasteiger partial charge in [-0.25, -0.2) is 9.18 Å². The second kappa shape index (κ2) is 5.77. The van der Waals surface area contributed by atoms with E-state index >= 15 is 0 Å². The number of carbonyl (C=O) groups excluding carboxylic acids is 1. The van der Waals surface area contributed by atoms with Gasteiger partial charge in [0.05, 0.1) is 6.20 Å². The Kier molecular flexibility index (Phi) is 3.61. The molecule has 2 aliphatic rings. The van der Waals surface area contributed by atoms with Crippen molar-refractivity contribution in [2.75, 3.05) is 19.6 Å². The second-order valence-electron chi connectivity index (χ2n) is 6.48. The van der Waals surface area contributed by atoms with Gasteiger partial charge in [-0.2, -0.15) is 9.78 Å². The molecule has 120 valence electrons. The van der Waals surface area contributed by atoms with Gasteiger partial charge < -0.3 is 10.2 Å². The molecular weight excluding hydrogens is 295 g/mol. The molecule has 1 aromatic heterocycles. The lowest BCUT2D eigenvalue weighted by atomic mass is 9.97. The fourth-order valence-electron chi connectivity index (χ4n) is 3.66. The first-order valence-corrected chi connectivity index (χ1v) is 8.01. The van der Waals surface area contributed by atoms with Crippen molar-refractivity contribution in [3.8, 4) is 11.1 Å². The normalized spacial score (nSPS) is 26.2. The van der Waals surface area contributed by atoms with Crippen LogP contribution in [0.5, 0.6) is 0 Å². The average Bonchev–Trinajstić information content (AvgIpc) is 3.14. The maximum Gasteiger partial charge on any atom is 0.342 e. The minimum atomic E-state index is -0.300. The summed E-state index contributed by atoms with van der Waals surface area (Å²) in [6, 6.07) is 6.24. The van der Waals surface area contributed by atoms with Crippen molar-refractivity contribution < 1.29 is 9.18 Å². The first kappa shape index (κ1) is 14.4. The number of piperidine rings is 1. The fraction of sp³-hybridized carbons (Fsp3) is 0.412. The summed E-state index contributed by atoms with van der Waals surface area (Å²) < 4.78 is 14.6. The lowest BCUT2D eigenvalue weighted by Crippen LogP contribution is -2.48. The monoisotopic (exact) mass is 314 g/mol. The van der Waals surface area contributed by atoms with Crippen LogP contribution < -0.4 is 5.32 Å². The average molecular weight is 314 g/mol. The summed E-state index contributed by atoms with van der Waals surface area (Å²) in [5, 5.41) is 7.17. The van der Waals surface area contributed by atoms with E-state index in [1.54, 1.807) is 24.5 Å². The highest BCUT2D eigenvalue weighted by Crippen LogP contribution is 2.26. The summed E-state index contributed by atoms with van der Waals surface area (Å²) in [5.41, 5.74) is 1.44. The highest BCUT2D eigenvalue weighted by atomic mass is 19.1. The number of benzene rings is 1. The molecule has 6 heteroatoms. The lowest BCUT2D eigenvalue weighted by molar-refractivity contribution is 0.204. The molecule has 1 N–H and O–H groups in total. The summed E-state index contributed by atoms with van der Waals surface area (Å²) >= 11 is 0. The molecule has 3 atom stereocenters. The zero-order chi connectivity index (χ0) is 15.8. The molecule has 4 rings (SSSR count). The molecule has 2 aromatic rings. The third-order valence-corrected chi connectivity index (χ3v) is 4.74. The minimum Gasteiger partial charge on any atom is -0.332 e. The van der Waals surface area contributed by atoms with Gasteiger partial charge in [-0.15, -0.1) is 0 Å². The van der Waals surface area contributed by atoms with E-state index in [0.29, 0.717) is 11.5 Å². The van der Waals surface area contributed by atoms with Crippen molar-refractivity contribution in [1.82, 2.24) is 20.0 Å². The number of nitrogens with zero attached hydrogens (tertiary/aromatic N) is 3. The molecule has 2 bridgehead atoms. The van der Waals surface area contributed by atoms with Gasteiger partial charge in [0.2, 0.25) is 0 Å². The second-order valence-corrected chi connectivity index (χ2v) is 6.48. The van der Waals surface area contributed by atoms with E-state index < -0.39 is 0 Å². The first-order chi connectivity index (χ1) is 11.2. The van der Waals surface area contributed by atoms with Crippen LogP contribution in [0.3, 0.4) is 0 Å². The van der Waals surface area contributed by atoms with Crippen molar-refractivity contribution in [2.45, 2.75) is 18.9 Å². The standard InChI is InChI=1S/C17H19FN4O/c18-15-3-1-2-13(7-15)14-8-19-22(10-14)17(23)20-16-6-12-4-5-21(9-12)11-16/h1-3,7-8,10,12,16H,4-6,9,11H2,(H,20,23)/t12-,16-/m1/s1. The van der Waals surface area contributed by atoms with Crippen molar-refractivity contribution in [3.63, 3.8) is 0 Å². The Hall–Kier alpha value is -2.21. The highest BCUT2D eigenvalue weighted by molar-refractivity contribution is 5.77. The Labute approximate surface area is 134 Å². The summed E-state index contributed by atoms with van der Waals surface area (Å²) in [6.45, 7) is 3.22. The Morgan fingerprint density at radius 1 is 1.30 bits per heavy atom. The summed E-state index contributed by atoms with van der Waals surface area (Å²) in [6.07, 6.45) is 5.50. The molecular formula is C17H19FN4O. The number of carbonyl (C=O) groups is 1. The Balaban J connectivity index is 1.45. The maximum absolute atomic E-state index is 13.3. The van der Waals surface area contributed by atoms with Gasteiger partial charge in [-0.05, 0) is 43.0 Å². The molecule has 5 nitrogen and oxygen atoms in total. The molecule has 1 aromatic carbocycles. The molecule has 23 heavy (non-hydrogen) atoms. The van der Waals surface area contributed by atoms with E-state index in [1.165, 1.54) is 23.2 Å². The number of hydrogen-bond donors (Lipinski definition) is 1. The van der Waals surface area contributed by atoms with E-state index in [4.69, 9.17) is 0 Å². The number of aromatic nitrogens is 2. The van der Waals surface area contributed by atoms with E-state index in [-0.39, 0.29) is 17.9 Å². The van der Waals surface area contributed by atoms with Gasteiger partial charge in [0, 0.05) is 30.9 Å². The van der Waals surface area contributed by atoms with E-state index in [1.807, 2.05) is 0 Å². The van der Waals surface area contributed by atoms with Gasteiger partial charge >= 0.3 is 6.03 Å². The van der Waals surface area contributed by atoms with Crippen LogP contribution in [0.4, 0.5) is 9.18 Å². The smallest absolute Gasteiger partial charge is 0.332 e. The molecule has 3 heterocycles. The van der Waals surface area contributed by atoms with Crippen LogP contribution >= 0.6 is 0 Å². The summed E-state index contributed by atoms with van der Waals surface area (Å²) in [7, 11) is 0. The predicted molar refractivity (Wildman–Crippen MR) is 84.5 cm³/mol. The van der Waals surface area contributed by atoms with Crippen LogP contribution in [0.25, 0.3) is 11.1 Å². The molecule has 2 aliphatic heterocycles. The fourth-order valence-corrected chi connectivity index (χ4v) is 3.66. The largest absolute Gasteiger partial charge is 0.342 e. The third-order valence-electron chi connectivity index (χ3n) is 4.74. The lowest BCUT2D eigenvalue weighted by Gasteiger charge is -2.30. The third kappa shape index (κ3) is 2.99. The highest BCUT2D eigenvalue weighted by Gasteiger charge is 2.33. The zero-order valence-corrected chi connectivity index (χ0v) is 12.8. The van der Waals surface area contributed by atoms with E-state index in [9.17, 15) is 9.18 Å². The number of halogens is 1. The van der Waals surface area contributed by atoms with Crippen molar-refractivity contribution in [2.24, 2.45) is 5.92 Å². The van der Waals surface area contributed by atoms with Gasteiger partial charge in [0.1, 0.15) is 5.82 Å². The van der Waals surface area contributed by atoms with Crippen LogP contribution in [0, 0.1) is 11.7 Å². The molecule has 0 aliphatic carbocycles. The number of amides is 1. The zero-order valence-electron chi connectivity index (χ0n) is 12.8. The molecule has 0 radical (unpaired) electrons. The predicted octanol–water partition coefficient (Wildman–Crippen LogP) is 2.34. The number of hydrogen-bond acceptors (Lipinski definition) is 3. The number of rotatable bonds is 2. The molecule has 0 saturated carbocycles. The van der Waals surface area contributed by atoms with E-state index in [0.717, 1.165) is 31.6 Å². The van der Waals surface area contributed by atoms with Crippen LogP contribution in [0.15, 0.2) is 36.7 Å². The quantitative estimate of drug-likeness (QED) is 0.925. The number of fused-ring (bicyclic) bond motifs is 2. The van der Waals surface area contributed by atoms with Crippen LogP contribution in [-0.2, 0) is 0 Å². The van der Waals surface area contributed by atoms with Crippen LogP contribution in [-0.4, -0.2) is 46.4 Å². The summed E-state index contributed by atoms with van der Waals surface area (Å²) in [4.78, 5) is 14.8. The summed E-state index contributed by atoms with van der Waals surface area (Å²) in [5.74, 6) is 0.404. The van der Waals surface area contributed by atoms with Gasteiger partial charge in [0.25, 0.3) is 0 Å². The van der Waals surface area contributed by atoms with Crippen molar-refractivity contribution in [3.05, 3.63) is 42.5 Å². The van der Waals surface area contributed by atoms with Gasteiger partial charge in [-0.1, -0.05) is 12.1 Å². The molecule has 0 spiro atoms. The van der Waals surface area contributed by atoms with Crippen molar-refractivity contribution in [1.29, 1.82) is 0 Å². The van der Waals surface area contributed by atoms with E-state index in [2.05, 4.69) is 15.3 Å². The Bertz CT molecular complexity index is 717.